The van der Waals surface area contributed by atoms with E-state index in [-0.39, 0.29) is 24.0 Å². The Bertz CT molecular complexity index is 335. The highest BCUT2D eigenvalue weighted by molar-refractivity contribution is 14.0. The van der Waals surface area contributed by atoms with Gasteiger partial charge in [0.15, 0.2) is 5.96 Å². The first-order chi connectivity index (χ1) is 10.5. The van der Waals surface area contributed by atoms with Crippen LogP contribution in [0.4, 0.5) is 0 Å². The van der Waals surface area contributed by atoms with Gasteiger partial charge >= 0.3 is 0 Å². The molecule has 2 atom stereocenters. The Balaban J connectivity index is 0.00000484. The van der Waals surface area contributed by atoms with E-state index < -0.39 is 0 Å². The number of guanidine groups is 1. The van der Waals surface area contributed by atoms with Gasteiger partial charge in [0.05, 0.1) is 6.10 Å². The quantitative estimate of drug-likeness (QED) is 0.312. The maximum Gasteiger partial charge on any atom is 0.191 e. The number of hydrogen-bond acceptors (Lipinski definition) is 3. The van der Waals surface area contributed by atoms with Gasteiger partial charge in [-0.1, -0.05) is 13.8 Å². The van der Waals surface area contributed by atoms with Crippen molar-refractivity contribution in [3.63, 3.8) is 0 Å². The Hall–Kier alpha value is -0.0800. The molecule has 2 unspecified atom stereocenters. The highest BCUT2D eigenvalue weighted by Crippen LogP contribution is 2.26. The maximum atomic E-state index is 5.77. The van der Waals surface area contributed by atoms with Crippen LogP contribution in [0.1, 0.15) is 47.0 Å². The standard InChI is InChI=1S/C17H36N4O.HI/c1-7-22-16(13(2)3)10-11-19-17(18-5)20-12-14(4)21(6)15-8-9-15;/h13-16H,7-12H2,1-6H3,(H2,18,19,20);1H. The summed E-state index contributed by atoms with van der Waals surface area (Å²) in [6.07, 6.45) is 4.02. The number of rotatable bonds is 10. The Morgan fingerprint density at radius 3 is 2.39 bits per heavy atom. The second kappa shape index (κ2) is 12.3. The van der Waals surface area contributed by atoms with E-state index in [4.69, 9.17) is 4.74 Å². The minimum Gasteiger partial charge on any atom is -0.378 e. The summed E-state index contributed by atoms with van der Waals surface area (Å²) in [6, 6.07) is 1.32. The van der Waals surface area contributed by atoms with Gasteiger partial charge in [-0.15, -0.1) is 24.0 Å². The molecule has 0 aromatic rings. The second-order valence-electron chi connectivity index (χ2n) is 6.65. The number of nitrogens with zero attached hydrogens (tertiary/aromatic N) is 2. The Kier molecular flexibility index (Phi) is 12.3. The summed E-state index contributed by atoms with van der Waals surface area (Å²) in [5, 5.41) is 6.82. The zero-order chi connectivity index (χ0) is 16.5. The molecule has 0 aliphatic heterocycles. The summed E-state index contributed by atoms with van der Waals surface area (Å²) in [5.74, 6) is 1.43. The van der Waals surface area contributed by atoms with Crippen LogP contribution in [-0.4, -0.2) is 62.8 Å². The number of hydrogen-bond donors (Lipinski definition) is 2. The van der Waals surface area contributed by atoms with Crippen molar-refractivity contribution >= 4 is 29.9 Å². The Morgan fingerprint density at radius 2 is 1.91 bits per heavy atom. The minimum absolute atomic E-state index is 0. The average Bonchev–Trinajstić information content (AvgIpc) is 3.32. The van der Waals surface area contributed by atoms with Crippen molar-refractivity contribution in [1.29, 1.82) is 0 Å². The Morgan fingerprint density at radius 1 is 1.26 bits per heavy atom. The summed E-state index contributed by atoms with van der Waals surface area (Å²) in [6.45, 7) is 11.3. The fourth-order valence-electron chi connectivity index (χ4n) is 2.61. The van der Waals surface area contributed by atoms with E-state index in [0.717, 1.165) is 38.1 Å². The largest absolute Gasteiger partial charge is 0.378 e. The third-order valence-electron chi connectivity index (χ3n) is 4.45. The predicted molar refractivity (Wildman–Crippen MR) is 110 cm³/mol. The highest BCUT2D eigenvalue weighted by atomic mass is 127. The van der Waals surface area contributed by atoms with E-state index in [0.29, 0.717) is 18.1 Å². The predicted octanol–water partition coefficient (Wildman–Crippen LogP) is 2.70. The summed E-state index contributed by atoms with van der Waals surface area (Å²) < 4.78 is 5.77. The van der Waals surface area contributed by atoms with Gasteiger partial charge in [-0.2, -0.15) is 0 Å². The second-order valence-corrected chi connectivity index (χ2v) is 6.65. The molecule has 0 saturated heterocycles. The summed E-state index contributed by atoms with van der Waals surface area (Å²) in [4.78, 5) is 6.77. The van der Waals surface area contributed by atoms with Crippen LogP contribution in [0.2, 0.25) is 0 Å². The van der Waals surface area contributed by atoms with Crippen molar-refractivity contribution in [2.24, 2.45) is 10.9 Å². The average molecular weight is 440 g/mol. The zero-order valence-corrected chi connectivity index (χ0v) is 18.1. The van der Waals surface area contributed by atoms with Crippen molar-refractivity contribution in [2.75, 3.05) is 33.8 Å². The fourth-order valence-corrected chi connectivity index (χ4v) is 2.61. The van der Waals surface area contributed by atoms with Gasteiger partial charge in [0, 0.05) is 38.8 Å². The van der Waals surface area contributed by atoms with Crippen LogP contribution in [0.3, 0.4) is 0 Å². The van der Waals surface area contributed by atoms with Crippen LogP contribution in [0, 0.1) is 5.92 Å². The molecule has 1 saturated carbocycles. The molecule has 0 heterocycles. The van der Waals surface area contributed by atoms with Gasteiger partial charge in [0.25, 0.3) is 0 Å². The van der Waals surface area contributed by atoms with Crippen molar-refractivity contribution in [2.45, 2.75) is 65.1 Å². The molecule has 0 spiro atoms. The smallest absolute Gasteiger partial charge is 0.191 e. The molecule has 1 fully saturated rings. The first-order valence-electron chi connectivity index (χ1n) is 8.77. The summed E-state index contributed by atoms with van der Waals surface area (Å²) in [7, 11) is 4.04. The molecule has 0 aromatic carbocycles. The van der Waals surface area contributed by atoms with Crippen LogP contribution in [0.15, 0.2) is 4.99 Å². The molecule has 23 heavy (non-hydrogen) atoms. The number of aliphatic imine (C=N–C) groups is 1. The minimum atomic E-state index is 0. The van der Waals surface area contributed by atoms with Gasteiger partial charge in [0.1, 0.15) is 0 Å². The van der Waals surface area contributed by atoms with Gasteiger partial charge < -0.3 is 15.4 Å². The van der Waals surface area contributed by atoms with E-state index in [1.165, 1.54) is 12.8 Å². The molecule has 6 heteroatoms. The lowest BCUT2D eigenvalue weighted by Gasteiger charge is -2.26. The van der Waals surface area contributed by atoms with Crippen LogP contribution in [0.5, 0.6) is 0 Å². The molecule has 1 aliphatic rings. The normalized spacial score (nSPS) is 17.8. The molecular formula is C17H37IN4O. The third-order valence-corrected chi connectivity index (χ3v) is 4.45. The lowest BCUT2D eigenvalue weighted by molar-refractivity contribution is 0.0258. The Labute approximate surface area is 160 Å². The molecule has 1 aliphatic carbocycles. The van der Waals surface area contributed by atoms with Crippen molar-refractivity contribution in [3.05, 3.63) is 0 Å². The number of likely N-dealkylation sites (N-methyl/N-ethyl adjacent to an activating group) is 1. The third kappa shape index (κ3) is 9.10. The molecule has 1 rings (SSSR count). The molecular weight excluding hydrogens is 403 g/mol. The van der Waals surface area contributed by atoms with Crippen LogP contribution in [-0.2, 0) is 4.74 Å². The van der Waals surface area contributed by atoms with Gasteiger partial charge in [-0.3, -0.25) is 9.89 Å². The summed E-state index contributed by atoms with van der Waals surface area (Å²) >= 11 is 0. The molecule has 0 amide bonds. The van der Waals surface area contributed by atoms with E-state index in [2.05, 4.69) is 55.3 Å². The van der Waals surface area contributed by atoms with E-state index in [1.807, 2.05) is 7.05 Å². The van der Waals surface area contributed by atoms with E-state index in [1.54, 1.807) is 0 Å². The topological polar surface area (TPSA) is 48.9 Å². The molecule has 0 bridgehead atoms. The lowest BCUT2D eigenvalue weighted by atomic mass is 10.0. The number of halogens is 1. The van der Waals surface area contributed by atoms with Crippen molar-refractivity contribution in [3.8, 4) is 0 Å². The SMILES string of the molecule is CCOC(CCNC(=NC)NCC(C)N(C)C1CC1)C(C)C.I. The maximum absolute atomic E-state index is 5.77. The number of ether oxygens (including phenoxy) is 1. The van der Waals surface area contributed by atoms with Crippen LogP contribution < -0.4 is 10.6 Å². The monoisotopic (exact) mass is 440 g/mol. The molecule has 0 radical (unpaired) electrons. The van der Waals surface area contributed by atoms with Gasteiger partial charge in [-0.05, 0) is 46.1 Å². The summed E-state index contributed by atoms with van der Waals surface area (Å²) in [5.41, 5.74) is 0. The molecule has 138 valence electrons. The van der Waals surface area contributed by atoms with Gasteiger partial charge in [0.2, 0.25) is 0 Å². The van der Waals surface area contributed by atoms with Crippen molar-refractivity contribution < 1.29 is 4.74 Å². The number of nitrogens with one attached hydrogen (secondary N) is 2. The van der Waals surface area contributed by atoms with Crippen LogP contribution >= 0.6 is 24.0 Å². The molecule has 5 nitrogen and oxygen atoms in total. The van der Waals surface area contributed by atoms with Gasteiger partial charge in [-0.25, -0.2) is 0 Å². The lowest BCUT2D eigenvalue weighted by Crippen LogP contribution is -2.46. The fraction of sp³-hybridized carbons (Fsp3) is 0.941. The van der Waals surface area contributed by atoms with Crippen LogP contribution in [0.25, 0.3) is 0 Å². The highest BCUT2D eigenvalue weighted by Gasteiger charge is 2.28. The molecule has 0 aromatic heterocycles. The zero-order valence-electron chi connectivity index (χ0n) is 15.8. The first-order valence-corrected chi connectivity index (χ1v) is 8.77. The first kappa shape index (κ1) is 22.9. The van der Waals surface area contributed by atoms with E-state index >= 15 is 0 Å². The van der Waals surface area contributed by atoms with Crippen molar-refractivity contribution in [1.82, 2.24) is 15.5 Å². The van der Waals surface area contributed by atoms with E-state index in [9.17, 15) is 0 Å². The molecule has 2 N–H and O–H groups in total.